The molecule has 0 radical (unpaired) electrons. The Morgan fingerprint density at radius 1 is 0.938 bits per heavy atom. The van der Waals surface area contributed by atoms with Crippen molar-refractivity contribution in [3.05, 3.63) is 60.0 Å². The maximum Gasteiger partial charge on any atom is 0.253 e. The number of benzene rings is 2. The lowest BCUT2D eigenvalue weighted by molar-refractivity contribution is -0.120. The van der Waals surface area contributed by atoms with E-state index in [-0.39, 0.29) is 23.7 Å². The van der Waals surface area contributed by atoms with Gasteiger partial charge in [-0.15, -0.1) is 0 Å². The first kappa shape index (κ1) is 20.7. The van der Waals surface area contributed by atoms with Gasteiger partial charge in [-0.05, 0) is 56.0 Å². The van der Waals surface area contributed by atoms with Crippen LogP contribution in [0.25, 0.3) is 11.1 Å². The fourth-order valence-corrected chi connectivity index (χ4v) is 4.92. The molecule has 2 aromatic carbocycles. The molecule has 2 heterocycles. The topological polar surface area (TPSA) is 75.4 Å². The van der Waals surface area contributed by atoms with Crippen molar-refractivity contribution in [2.24, 2.45) is 5.92 Å². The number of rotatable bonds is 4. The lowest BCUT2D eigenvalue weighted by Gasteiger charge is -2.30. The fraction of sp³-hybridized carbons (Fsp3) is 0.423. The van der Waals surface area contributed by atoms with Crippen LogP contribution in [0, 0.1) is 5.92 Å². The first-order valence-electron chi connectivity index (χ1n) is 11.7. The molecule has 1 aliphatic carbocycles. The van der Waals surface area contributed by atoms with Gasteiger partial charge in [-0.1, -0.05) is 37.5 Å². The van der Waals surface area contributed by atoms with Crippen molar-refractivity contribution < 1.29 is 14.0 Å². The van der Waals surface area contributed by atoms with Crippen LogP contribution in [0.4, 0.5) is 5.69 Å². The van der Waals surface area contributed by atoms with Crippen molar-refractivity contribution in [3.8, 4) is 0 Å². The summed E-state index contributed by atoms with van der Waals surface area (Å²) in [7, 11) is 0. The number of fused-ring (bicyclic) bond motifs is 1. The van der Waals surface area contributed by atoms with Crippen LogP contribution in [0.5, 0.6) is 0 Å². The zero-order chi connectivity index (χ0) is 21.9. The van der Waals surface area contributed by atoms with Crippen molar-refractivity contribution >= 4 is 28.6 Å². The molecule has 0 atom stereocenters. The molecule has 2 amide bonds. The van der Waals surface area contributed by atoms with Crippen LogP contribution >= 0.6 is 0 Å². The minimum atomic E-state index is 0.00906. The van der Waals surface area contributed by atoms with E-state index >= 15 is 0 Å². The third kappa shape index (κ3) is 4.40. The van der Waals surface area contributed by atoms with Crippen LogP contribution in [0.3, 0.4) is 0 Å². The predicted octanol–water partition coefficient (Wildman–Crippen LogP) is 5.37. The lowest BCUT2D eigenvalue weighted by Crippen LogP contribution is -2.38. The molecule has 1 saturated carbocycles. The number of nitrogens with one attached hydrogen (secondary N) is 1. The third-order valence-corrected chi connectivity index (χ3v) is 6.79. The number of para-hydroxylation sites is 2. The third-order valence-electron chi connectivity index (χ3n) is 6.79. The zero-order valence-electron chi connectivity index (χ0n) is 18.3. The van der Waals surface area contributed by atoms with Gasteiger partial charge in [-0.2, -0.15) is 0 Å². The number of likely N-dealkylation sites (tertiary alicyclic amines) is 1. The molecule has 1 N–H and O–H groups in total. The summed E-state index contributed by atoms with van der Waals surface area (Å²) in [6, 6.07) is 15.1. The van der Waals surface area contributed by atoms with Crippen LogP contribution < -0.4 is 5.32 Å². The minimum Gasteiger partial charge on any atom is -0.440 e. The molecule has 2 fully saturated rings. The Hall–Kier alpha value is -3.15. The van der Waals surface area contributed by atoms with Gasteiger partial charge >= 0.3 is 0 Å². The number of hydrogen-bond acceptors (Lipinski definition) is 4. The van der Waals surface area contributed by atoms with Gasteiger partial charge in [-0.3, -0.25) is 9.59 Å². The maximum atomic E-state index is 13.1. The average molecular weight is 432 g/mol. The van der Waals surface area contributed by atoms with Gasteiger partial charge in [0.1, 0.15) is 5.52 Å². The largest absolute Gasteiger partial charge is 0.440 e. The molecule has 1 aliphatic heterocycles. The number of nitrogens with zero attached hydrogens (tertiary/aromatic N) is 2. The summed E-state index contributed by atoms with van der Waals surface area (Å²) >= 11 is 0. The second-order valence-electron chi connectivity index (χ2n) is 8.99. The van der Waals surface area contributed by atoms with E-state index < -0.39 is 0 Å². The monoisotopic (exact) mass is 431 g/mol. The summed E-state index contributed by atoms with van der Waals surface area (Å²) in [4.78, 5) is 32.2. The Morgan fingerprint density at radius 2 is 1.72 bits per heavy atom. The number of aromatic nitrogens is 1. The van der Waals surface area contributed by atoms with Crippen molar-refractivity contribution in [2.75, 3.05) is 18.4 Å². The Morgan fingerprint density at radius 3 is 2.50 bits per heavy atom. The zero-order valence-corrected chi connectivity index (χ0v) is 18.3. The van der Waals surface area contributed by atoms with E-state index in [4.69, 9.17) is 4.42 Å². The first-order chi connectivity index (χ1) is 15.7. The number of amides is 2. The summed E-state index contributed by atoms with van der Waals surface area (Å²) in [5.74, 6) is 1.18. The number of oxazole rings is 1. The second kappa shape index (κ2) is 9.15. The molecular weight excluding hydrogens is 402 g/mol. The Kier molecular flexibility index (Phi) is 5.93. The van der Waals surface area contributed by atoms with E-state index in [2.05, 4.69) is 10.3 Å². The van der Waals surface area contributed by atoms with Gasteiger partial charge in [0.15, 0.2) is 11.5 Å². The van der Waals surface area contributed by atoms with Crippen LogP contribution in [-0.2, 0) is 4.79 Å². The molecule has 2 aliphatic rings. The highest BCUT2D eigenvalue weighted by atomic mass is 16.3. The number of anilines is 1. The number of carbonyl (C=O) groups excluding carboxylic acids is 2. The summed E-state index contributed by atoms with van der Waals surface area (Å²) in [6.07, 6.45) is 7.04. The highest BCUT2D eigenvalue weighted by Crippen LogP contribution is 2.31. The van der Waals surface area contributed by atoms with Gasteiger partial charge in [0.2, 0.25) is 5.91 Å². The summed E-state index contributed by atoms with van der Waals surface area (Å²) in [5, 5.41) is 3.02. The Bertz CT molecular complexity index is 1080. The Labute approximate surface area is 188 Å². The van der Waals surface area contributed by atoms with Crippen LogP contribution in [0.15, 0.2) is 52.9 Å². The molecule has 166 valence electrons. The summed E-state index contributed by atoms with van der Waals surface area (Å²) in [5.41, 5.74) is 3.01. The lowest BCUT2D eigenvalue weighted by atomic mass is 9.88. The van der Waals surface area contributed by atoms with Crippen LogP contribution in [0.2, 0.25) is 0 Å². The molecule has 3 aromatic rings. The van der Waals surface area contributed by atoms with Crippen molar-refractivity contribution in [1.82, 2.24) is 9.88 Å². The first-order valence-corrected chi connectivity index (χ1v) is 11.7. The smallest absolute Gasteiger partial charge is 0.253 e. The molecule has 5 rings (SSSR count). The molecule has 0 bridgehead atoms. The molecule has 6 nitrogen and oxygen atoms in total. The van der Waals surface area contributed by atoms with Gasteiger partial charge in [0.05, 0.1) is 0 Å². The number of carbonyl (C=O) groups is 2. The van der Waals surface area contributed by atoms with E-state index in [0.717, 1.165) is 55.5 Å². The van der Waals surface area contributed by atoms with Crippen molar-refractivity contribution in [3.63, 3.8) is 0 Å². The van der Waals surface area contributed by atoms with Gasteiger partial charge in [-0.25, -0.2) is 4.98 Å². The minimum absolute atomic E-state index is 0.00906. The van der Waals surface area contributed by atoms with Gasteiger partial charge in [0, 0.05) is 36.2 Å². The SMILES string of the molecule is O=C(Nc1cccc(C(=O)N2CCC(c3nc4ccccc4o3)CC2)c1)C1CCCCC1. The maximum absolute atomic E-state index is 13.1. The molecular formula is C26H29N3O3. The Balaban J connectivity index is 1.20. The quantitative estimate of drug-likeness (QED) is 0.603. The molecule has 0 spiro atoms. The van der Waals surface area contributed by atoms with Crippen molar-refractivity contribution in [2.45, 2.75) is 50.9 Å². The van der Waals surface area contributed by atoms with Crippen LogP contribution in [0.1, 0.15) is 67.1 Å². The summed E-state index contributed by atoms with van der Waals surface area (Å²) < 4.78 is 5.94. The number of piperidine rings is 1. The van der Waals surface area contributed by atoms with E-state index in [0.29, 0.717) is 24.3 Å². The van der Waals surface area contributed by atoms with Crippen molar-refractivity contribution in [1.29, 1.82) is 0 Å². The highest BCUT2D eigenvalue weighted by molar-refractivity contribution is 5.97. The van der Waals surface area contributed by atoms with Crippen LogP contribution in [-0.4, -0.2) is 34.8 Å². The van der Waals surface area contributed by atoms with Gasteiger partial charge < -0.3 is 14.6 Å². The van der Waals surface area contributed by atoms with E-state index in [9.17, 15) is 9.59 Å². The second-order valence-corrected chi connectivity index (χ2v) is 8.99. The summed E-state index contributed by atoms with van der Waals surface area (Å²) in [6.45, 7) is 1.34. The van der Waals surface area contributed by atoms with E-state index in [1.165, 1.54) is 6.42 Å². The normalized spacial score (nSPS) is 18.1. The molecule has 6 heteroatoms. The molecule has 1 saturated heterocycles. The fourth-order valence-electron chi connectivity index (χ4n) is 4.92. The number of hydrogen-bond donors (Lipinski definition) is 1. The predicted molar refractivity (Wildman–Crippen MR) is 124 cm³/mol. The molecule has 32 heavy (non-hydrogen) atoms. The molecule has 0 unspecified atom stereocenters. The van der Waals surface area contributed by atoms with Gasteiger partial charge in [0.25, 0.3) is 5.91 Å². The standard InChI is InChI=1S/C26H29N3O3/c30-24(18-7-2-1-3-8-18)27-21-10-6-9-20(17-21)26(31)29-15-13-19(14-16-29)25-28-22-11-4-5-12-23(22)32-25/h4-6,9-12,17-19H,1-3,7-8,13-16H2,(H,27,30). The average Bonchev–Trinajstić information content (AvgIpc) is 3.29. The highest BCUT2D eigenvalue weighted by Gasteiger charge is 2.28. The van der Waals surface area contributed by atoms with E-state index in [1.54, 1.807) is 6.07 Å². The molecule has 1 aromatic heterocycles. The van der Waals surface area contributed by atoms with E-state index in [1.807, 2.05) is 47.4 Å².